The molecule has 18 heavy (non-hydrogen) atoms. The third-order valence-corrected chi connectivity index (χ3v) is 3.15. The average Bonchev–Trinajstić information content (AvgIpc) is 2.35. The van der Waals surface area contributed by atoms with E-state index in [0.29, 0.717) is 11.5 Å². The fourth-order valence-electron chi connectivity index (χ4n) is 1.54. The molecule has 0 aliphatic rings. The van der Waals surface area contributed by atoms with E-state index in [0.717, 1.165) is 19.4 Å². The largest absolute Gasteiger partial charge is 0.478 e. The van der Waals surface area contributed by atoms with Crippen molar-refractivity contribution in [1.82, 2.24) is 4.98 Å². The zero-order valence-corrected chi connectivity index (χ0v) is 11.3. The van der Waals surface area contributed by atoms with Crippen molar-refractivity contribution in [2.75, 3.05) is 29.6 Å². The summed E-state index contributed by atoms with van der Waals surface area (Å²) in [7, 11) is 0. The number of hydrogen-bond donors (Lipinski definition) is 3. The van der Waals surface area contributed by atoms with E-state index in [1.807, 2.05) is 11.8 Å². The molecule has 0 unspecified atom stereocenters. The SMILES string of the molecule is CSCCCCCNc1ncc(N)cc1C(=O)O. The van der Waals surface area contributed by atoms with Crippen LogP contribution in [0.4, 0.5) is 11.5 Å². The van der Waals surface area contributed by atoms with Crippen molar-refractivity contribution in [3.63, 3.8) is 0 Å². The van der Waals surface area contributed by atoms with Gasteiger partial charge >= 0.3 is 5.97 Å². The molecule has 6 heteroatoms. The van der Waals surface area contributed by atoms with Crippen LogP contribution in [-0.4, -0.2) is 34.6 Å². The first-order chi connectivity index (χ1) is 8.65. The van der Waals surface area contributed by atoms with Gasteiger partial charge < -0.3 is 16.2 Å². The lowest BCUT2D eigenvalue weighted by Crippen LogP contribution is -2.10. The minimum atomic E-state index is -1.01. The number of pyridine rings is 1. The predicted molar refractivity (Wildman–Crippen MR) is 76.3 cm³/mol. The number of carboxylic acids is 1. The summed E-state index contributed by atoms with van der Waals surface area (Å²) in [5.74, 6) is 0.543. The van der Waals surface area contributed by atoms with Gasteiger partial charge in [0.25, 0.3) is 0 Å². The number of nitrogens with one attached hydrogen (secondary N) is 1. The Balaban J connectivity index is 2.44. The van der Waals surface area contributed by atoms with Crippen LogP contribution < -0.4 is 11.1 Å². The van der Waals surface area contributed by atoms with Crippen LogP contribution in [0.15, 0.2) is 12.3 Å². The van der Waals surface area contributed by atoms with Crippen molar-refractivity contribution < 1.29 is 9.90 Å². The fourth-order valence-corrected chi connectivity index (χ4v) is 2.03. The van der Waals surface area contributed by atoms with Crippen LogP contribution >= 0.6 is 11.8 Å². The number of carbonyl (C=O) groups is 1. The summed E-state index contributed by atoms with van der Waals surface area (Å²) < 4.78 is 0. The highest BCUT2D eigenvalue weighted by molar-refractivity contribution is 7.98. The minimum Gasteiger partial charge on any atom is -0.478 e. The van der Waals surface area contributed by atoms with Gasteiger partial charge in [0.2, 0.25) is 0 Å². The topological polar surface area (TPSA) is 88.2 Å². The number of anilines is 2. The van der Waals surface area contributed by atoms with Gasteiger partial charge in [-0.3, -0.25) is 0 Å². The maximum absolute atomic E-state index is 11.0. The minimum absolute atomic E-state index is 0.124. The van der Waals surface area contributed by atoms with E-state index < -0.39 is 5.97 Å². The summed E-state index contributed by atoms with van der Waals surface area (Å²) >= 11 is 1.84. The van der Waals surface area contributed by atoms with Crippen molar-refractivity contribution in [3.8, 4) is 0 Å². The number of nitrogens with two attached hydrogens (primary N) is 1. The molecule has 0 aliphatic carbocycles. The standard InChI is InChI=1S/C12H19N3O2S/c1-18-6-4-2-3-5-14-11-10(12(16)17)7-9(13)8-15-11/h7-8H,2-6,13H2,1H3,(H,14,15)(H,16,17). The van der Waals surface area contributed by atoms with Crippen LogP contribution in [0, 0.1) is 0 Å². The molecular formula is C12H19N3O2S. The second kappa shape index (κ2) is 7.81. The van der Waals surface area contributed by atoms with Crippen molar-refractivity contribution in [2.45, 2.75) is 19.3 Å². The summed E-state index contributed by atoms with van der Waals surface area (Å²) in [6.45, 7) is 0.728. The van der Waals surface area contributed by atoms with Crippen molar-refractivity contribution in [2.24, 2.45) is 0 Å². The van der Waals surface area contributed by atoms with E-state index in [1.54, 1.807) is 0 Å². The Kier molecular flexibility index (Phi) is 6.35. The number of hydrogen-bond acceptors (Lipinski definition) is 5. The summed E-state index contributed by atoms with van der Waals surface area (Å²) in [5, 5.41) is 12.1. The summed E-state index contributed by atoms with van der Waals surface area (Å²) in [6, 6.07) is 1.42. The van der Waals surface area contributed by atoms with Gasteiger partial charge in [0.1, 0.15) is 11.4 Å². The summed E-state index contributed by atoms with van der Waals surface area (Å²) in [4.78, 5) is 15.0. The Bertz CT molecular complexity index is 399. The molecule has 0 fully saturated rings. The van der Waals surface area contributed by atoms with E-state index in [9.17, 15) is 4.79 Å². The van der Waals surface area contributed by atoms with Crippen molar-refractivity contribution >= 4 is 29.2 Å². The molecular weight excluding hydrogens is 250 g/mol. The van der Waals surface area contributed by atoms with Gasteiger partial charge in [-0.25, -0.2) is 9.78 Å². The third-order valence-electron chi connectivity index (χ3n) is 2.46. The molecule has 1 rings (SSSR count). The number of aromatic carboxylic acids is 1. The lowest BCUT2D eigenvalue weighted by atomic mass is 10.2. The number of carboxylic acid groups (broad SMARTS) is 1. The molecule has 5 nitrogen and oxygen atoms in total. The van der Waals surface area contributed by atoms with Gasteiger partial charge in [-0.2, -0.15) is 11.8 Å². The van der Waals surface area contributed by atoms with Crippen molar-refractivity contribution in [1.29, 1.82) is 0 Å². The first-order valence-electron chi connectivity index (χ1n) is 5.86. The Labute approximate surface area is 111 Å². The second-order valence-corrected chi connectivity index (χ2v) is 4.94. The molecule has 0 amide bonds. The first kappa shape index (κ1) is 14.6. The van der Waals surface area contributed by atoms with Gasteiger partial charge in [0, 0.05) is 6.54 Å². The maximum atomic E-state index is 11.0. The molecule has 0 saturated carbocycles. The quantitative estimate of drug-likeness (QED) is 0.628. The molecule has 0 bridgehead atoms. The molecule has 0 aliphatic heterocycles. The number of aromatic nitrogens is 1. The van der Waals surface area contributed by atoms with Crippen LogP contribution in [0.1, 0.15) is 29.6 Å². The van der Waals surface area contributed by atoms with Gasteiger partial charge in [-0.05, 0) is 30.9 Å². The van der Waals surface area contributed by atoms with E-state index in [-0.39, 0.29) is 5.56 Å². The molecule has 0 radical (unpaired) electrons. The maximum Gasteiger partial charge on any atom is 0.339 e. The van der Waals surface area contributed by atoms with Gasteiger partial charge in [-0.1, -0.05) is 6.42 Å². The van der Waals surface area contributed by atoms with Crippen LogP contribution in [0.2, 0.25) is 0 Å². The smallest absolute Gasteiger partial charge is 0.339 e. The highest BCUT2D eigenvalue weighted by atomic mass is 32.2. The Morgan fingerprint density at radius 2 is 2.28 bits per heavy atom. The Morgan fingerprint density at radius 1 is 1.50 bits per heavy atom. The van der Waals surface area contributed by atoms with Crippen LogP contribution in [0.5, 0.6) is 0 Å². The molecule has 0 spiro atoms. The third kappa shape index (κ3) is 4.83. The zero-order chi connectivity index (χ0) is 13.4. The normalized spacial score (nSPS) is 10.3. The number of nitrogens with zero attached hydrogens (tertiary/aromatic N) is 1. The number of rotatable bonds is 8. The molecule has 0 atom stereocenters. The number of nitrogen functional groups attached to an aromatic ring is 1. The van der Waals surface area contributed by atoms with Crippen LogP contribution in [0.25, 0.3) is 0 Å². The second-order valence-electron chi connectivity index (χ2n) is 3.95. The monoisotopic (exact) mass is 269 g/mol. The van der Waals surface area contributed by atoms with E-state index in [4.69, 9.17) is 10.8 Å². The average molecular weight is 269 g/mol. The fraction of sp³-hybridized carbons (Fsp3) is 0.500. The van der Waals surface area contributed by atoms with Crippen LogP contribution in [-0.2, 0) is 0 Å². The van der Waals surface area contributed by atoms with Crippen LogP contribution in [0.3, 0.4) is 0 Å². The molecule has 0 saturated heterocycles. The molecule has 1 aromatic rings. The summed E-state index contributed by atoms with van der Waals surface area (Å²) in [6.07, 6.45) is 6.87. The summed E-state index contributed by atoms with van der Waals surface area (Å²) in [5.41, 5.74) is 6.00. The lowest BCUT2D eigenvalue weighted by Gasteiger charge is -2.08. The molecule has 1 aromatic heterocycles. The van der Waals surface area contributed by atoms with Gasteiger partial charge in [0.15, 0.2) is 0 Å². The Hall–Kier alpha value is -1.43. The Morgan fingerprint density at radius 3 is 2.94 bits per heavy atom. The number of unbranched alkanes of at least 4 members (excludes halogenated alkanes) is 2. The van der Waals surface area contributed by atoms with E-state index in [2.05, 4.69) is 16.6 Å². The van der Waals surface area contributed by atoms with Gasteiger partial charge in [-0.15, -0.1) is 0 Å². The first-order valence-corrected chi connectivity index (χ1v) is 7.26. The highest BCUT2D eigenvalue weighted by Gasteiger charge is 2.11. The zero-order valence-electron chi connectivity index (χ0n) is 10.5. The van der Waals surface area contributed by atoms with Crippen molar-refractivity contribution in [3.05, 3.63) is 17.8 Å². The van der Waals surface area contributed by atoms with Gasteiger partial charge in [0.05, 0.1) is 11.9 Å². The van der Waals surface area contributed by atoms with E-state index >= 15 is 0 Å². The predicted octanol–water partition coefficient (Wildman–Crippen LogP) is 2.31. The molecule has 1 heterocycles. The molecule has 0 aromatic carbocycles. The highest BCUT2D eigenvalue weighted by Crippen LogP contribution is 2.15. The lowest BCUT2D eigenvalue weighted by molar-refractivity contribution is 0.0697. The van der Waals surface area contributed by atoms with E-state index in [1.165, 1.54) is 24.4 Å². The molecule has 100 valence electrons. The number of thioether (sulfide) groups is 1. The molecule has 4 N–H and O–H groups in total.